The summed E-state index contributed by atoms with van der Waals surface area (Å²) >= 11 is 0. The van der Waals surface area contributed by atoms with Gasteiger partial charge in [-0.2, -0.15) is 0 Å². The number of aliphatic carboxylic acids is 1. The molecular formula is C11H11NO3. The van der Waals surface area contributed by atoms with Crippen molar-refractivity contribution < 1.29 is 14.7 Å². The van der Waals surface area contributed by atoms with Crippen LogP contribution in [0.3, 0.4) is 0 Å². The summed E-state index contributed by atoms with van der Waals surface area (Å²) in [5.74, 6) is -1.24. The summed E-state index contributed by atoms with van der Waals surface area (Å²) in [4.78, 5) is 25.5. The fourth-order valence-electron chi connectivity index (χ4n) is 1.10. The van der Waals surface area contributed by atoms with E-state index in [-0.39, 0.29) is 17.8 Å². The first kappa shape index (κ1) is 11.1. The number of ketones is 1. The molecule has 0 aliphatic rings. The molecule has 0 unspecified atom stereocenters. The molecule has 1 heterocycles. The maximum Gasteiger partial charge on any atom is 0.307 e. The van der Waals surface area contributed by atoms with E-state index in [4.69, 9.17) is 5.11 Å². The zero-order valence-electron chi connectivity index (χ0n) is 8.30. The van der Waals surface area contributed by atoms with Crippen LogP contribution in [-0.4, -0.2) is 21.8 Å². The lowest BCUT2D eigenvalue weighted by Crippen LogP contribution is -2.04. The normalized spacial score (nSPS) is 11.1. The third-order valence-electron chi connectivity index (χ3n) is 1.84. The summed E-state index contributed by atoms with van der Waals surface area (Å²) in [5, 5.41) is 8.61. The van der Waals surface area contributed by atoms with Crippen LogP contribution < -0.4 is 0 Å². The molecule has 0 bridgehead atoms. The Labute approximate surface area is 87.3 Å². The number of hydrogen-bond acceptors (Lipinski definition) is 3. The van der Waals surface area contributed by atoms with E-state index in [0.29, 0.717) is 0 Å². The molecule has 78 valence electrons. The number of nitrogens with zero attached hydrogens (tertiary/aromatic N) is 1. The van der Waals surface area contributed by atoms with Crippen LogP contribution in [0.1, 0.15) is 18.9 Å². The van der Waals surface area contributed by atoms with Crippen molar-refractivity contribution >= 4 is 17.8 Å². The molecule has 0 aliphatic carbocycles. The van der Waals surface area contributed by atoms with E-state index in [1.807, 2.05) is 0 Å². The fourth-order valence-corrected chi connectivity index (χ4v) is 1.10. The van der Waals surface area contributed by atoms with Gasteiger partial charge in [0.15, 0.2) is 5.78 Å². The van der Waals surface area contributed by atoms with Crippen LogP contribution in [-0.2, 0) is 9.59 Å². The molecular weight excluding hydrogens is 194 g/mol. The van der Waals surface area contributed by atoms with Gasteiger partial charge in [0.2, 0.25) is 0 Å². The van der Waals surface area contributed by atoms with Gasteiger partial charge in [0.25, 0.3) is 0 Å². The average Bonchev–Trinajstić information content (AvgIpc) is 2.17. The summed E-state index contributed by atoms with van der Waals surface area (Å²) < 4.78 is 0. The van der Waals surface area contributed by atoms with Gasteiger partial charge in [-0.1, -0.05) is 0 Å². The van der Waals surface area contributed by atoms with E-state index in [2.05, 4.69) is 4.98 Å². The Morgan fingerprint density at radius 1 is 1.40 bits per heavy atom. The Hall–Kier alpha value is -1.97. The quantitative estimate of drug-likeness (QED) is 0.757. The Kier molecular flexibility index (Phi) is 3.74. The van der Waals surface area contributed by atoms with Crippen LogP contribution >= 0.6 is 0 Å². The molecule has 1 aromatic heterocycles. The van der Waals surface area contributed by atoms with Crippen molar-refractivity contribution in [3.05, 3.63) is 35.7 Å². The number of hydrogen-bond donors (Lipinski definition) is 1. The smallest absolute Gasteiger partial charge is 0.307 e. The maximum absolute atomic E-state index is 11.1. The summed E-state index contributed by atoms with van der Waals surface area (Å²) in [6.45, 7) is 1.36. The second kappa shape index (κ2) is 5.05. The minimum absolute atomic E-state index is 0.228. The maximum atomic E-state index is 11.1. The SMILES string of the molecule is CC(=O)/C(=C/c1ccncc1)CC(=O)O. The molecule has 0 fully saturated rings. The van der Waals surface area contributed by atoms with Crippen molar-refractivity contribution in [2.24, 2.45) is 0 Å². The largest absolute Gasteiger partial charge is 0.481 e. The predicted octanol–water partition coefficient (Wildman–Crippen LogP) is 1.53. The van der Waals surface area contributed by atoms with Gasteiger partial charge >= 0.3 is 5.97 Å². The second-order valence-electron chi connectivity index (χ2n) is 3.08. The van der Waals surface area contributed by atoms with Crippen LogP contribution in [0.2, 0.25) is 0 Å². The zero-order chi connectivity index (χ0) is 11.3. The van der Waals surface area contributed by atoms with Gasteiger partial charge in [0.1, 0.15) is 0 Å². The molecule has 1 rings (SSSR count). The molecule has 1 aromatic rings. The summed E-state index contributed by atoms with van der Waals surface area (Å²) in [7, 11) is 0. The van der Waals surface area contributed by atoms with Gasteiger partial charge in [-0.15, -0.1) is 0 Å². The molecule has 4 nitrogen and oxygen atoms in total. The topological polar surface area (TPSA) is 67.3 Å². The Balaban J connectivity index is 2.94. The number of Topliss-reactive ketones (excluding diaryl/α,β-unsaturated/α-hetero) is 1. The van der Waals surface area contributed by atoms with Gasteiger partial charge in [-0.3, -0.25) is 14.6 Å². The van der Waals surface area contributed by atoms with Crippen molar-refractivity contribution in [1.29, 1.82) is 0 Å². The molecule has 4 heteroatoms. The highest BCUT2D eigenvalue weighted by Crippen LogP contribution is 2.10. The van der Waals surface area contributed by atoms with Crippen molar-refractivity contribution in [3.8, 4) is 0 Å². The predicted molar refractivity (Wildman–Crippen MR) is 55.1 cm³/mol. The van der Waals surface area contributed by atoms with E-state index in [9.17, 15) is 9.59 Å². The fraction of sp³-hybridized carbons (Fsp3) is 0.182. The van der Waals surface area contributed by atoms with Gasteiger partial charge in [0, 0.05) is 18.0 Å². The van der Waals surface area contributed by atoms with E-state index in [1.165, 1.54) is 6.92 Å². The van der Waals surface area contributed by atoms with E-state index >= 15 is 0 Å². The average molecular weight is 205 g/mol. The first-order chi connectivity index (χ1) is 7.09. The van der Waals surface area contributed by atoms with Crippen molar-refractivity contribution in [2.75, 3.05) is 0 Å². The molecule has 0 aliphatic heterocycles. The third-order valence-corrected chi connectivity index (χ3v) is 1.84. The number of carbonyl (C=O) groups is 2. The molecule has 1 N–H and O–H groups in total. The number of carbonyl (C=O) groups excluding carboxylic acids is 1. The monoisotopic (exact) mass is 205 g/mol. The molecule has 0 spiro atoms. The Morgan fingerprint density at radius 3 is 2.47 bits per heavy atom. The number of pyridine rings is 1. The molecule has 0 saturated carbocycles. The van der Waals surface area contributed by atoms with Crippen LogP contribution in [0, 0.1) is 0 Å². The lowest BCUT2D eigenvalue weighted by Gasteiger charge is -1.99. The highest BCUT2D eigenvalue weighted by Gasteiger charge is 2.08. The molecule has 15 heavy (non-hydrogen) atoms. The first-order valence-corrected chi connectivity index (χ1v) is 4.43. The number of carboxylic acid groups (broad SMARTS) is 1. The van der Waals surface area contributed by atoms with E-state index in [0.717, 1.165) is 5.56 Å². The van der Waals surface area contributed by atoms with E-state index < -0.39 is 5.97 Å². The molecule has 0 amide bonds. The van der Waals surface area contributed by atoms with Crippen LogP contribution in [0.4, 0.5) is 0 Å². The molecule has 0 saturated heterocycles. The van der Waals surface area contributed by atoms with Crippen LogP contribution in [0.15, 0.2) is 30.1 Å². The van der Waals surface area contributed by atoms with Crippen LogP contribution in [0.25, 0.3) is 6.08 Å². The van der Waals surface area contributed by atoms with E-state index in [1.54, 1.807) is 30.6 Å². The first-order valence-electron chi connectivity index (χ1n) is 4.43. The van der Waals surface area contributed by atoms with Crippen molar-refractivity contribution in [3.63, 3.8) is 0 Å². The molecule has 0 atom stereocenters. The highest BCUT2D eigenvalue weighted by atomic mass is 16.4. The van der Waals surface area contributed by atoms with Crippen molar-refractivity contribution in [1.82, 2.24) is 4.98 Å². The standard InChI is InChI=1S/C11H11NO3/c1-8(13)10(7-11(14)15)6-9-2-4-12-5-3-9/h2-6H,7H2,1H3,(H,14,15)/b10-6+. The lowest BCUT2D eigenvalue weighted by molar-refractivity contribution is -0.136. The van der Waals surface area contributed by atoms with Gasteiger partial charge in [0.05, 0.1) is 6.42 Å². The minimum Gasteiger partial charge on any atom is -0.481 e. The van der Waals surface area contributed by atoms with Gasteiger partial charge in [-0.05, 0) is 30.7 Å². The summed E-state index contributed by atoms with van der Waals surface area (Å²) in [5.41, 5.74) is 1.06. The molecule has 0 aromatic carbocycles. The second-order valence-corrected chi connectivity index (χ2v) is 3.08. The Morgan fingerprint density at radius 2 is 2.00 bits per heavy atom. The minimum atomic E-state index is -1.01. The molecule has 0 radical (unpaired) electrons. The van der Waals surface area contributed by atoms with Crippen molar-refractivity contribution in [2.45, 2.75) is 13.3 Å². The lowest BCUT2D eigenvalue weighted by atomic mass is 10.1. The number of rotatable bonds is 4. The number of aromatic nitrogens is 1. The van der Waals surface area contributed by atoms with Gasteiger partial charge < -0.3 is 5.11 Å². The Bertz CT molecular complexity index is 396. The zero-order valence-corrected chi connectivity index (χ0v) is 8.30. The number of carboxylic acids is 1. The summed E-state index contributed by atoms with van der Waals surface area (Å²) in [6.07, 6.45) is 4.49. The third kappa shape index (κ3) is 3.72. The van der Waals surface area contributed by atoms with Crippen LogP contribution in [0.5, 0.6) is 0 Å². The summed E-state index contributed by atoms with van der Waals surface area (Å²) in [6, 6.07) is 3.43. The van der Waals surface area contributed by atoms with Gasteiger partial charge in [-0.25, -0.2) is 0 Å². The highest BCUT2D eigenvalue weighted by molar-refractivity contribution is 6.01.